The van der Waals surface area contributed by atoms with Gasteiger partial charge in [0.05, 0.1) is 0 Å². The van der Waals surface area contributed by atoms with Crippen LogP contribution < -0.4 is 5.32 Å². The lowest BCUT2D eigenvalue weighted by molar-refractivity contribution is 0.335. The van der Waals surface area contributed by atoms with Gasteiger partial charge in [0.25, 0.3) is 0 Å². The molecule has 1 saturated carbocycles. The second-order valence-corrected chi connectivity index (χ2v) is 7.76. The molecule has 1 aliphatic rings. The number of hydrogen-bond acceptors (Lipinski definition) is 4. The van der Waals surface area contributed by atoms with Crippen LogP contribution in [0.25, 0.3) is 0 Å². The van der Waals surface area contributed by atoms with E-state index in [1.165, 1.54) is 38.5 Å². The lowest BCUT2D eigenvalue weighted by Crippen LogP contribution is -2.22. The Morgan fingerprint density at radius 2 is 1.88 bits per heavy atom. The van der Waals surface area contributed by atoms with E-state index in [-0.39, 0.29) is 0 Å². The molecule has 0 radical (unpaired) electrons. The van der Waals surface area contributed by atoms with Crippen LogP contribution in [0.3, 0.4) is 0 Å². The highest BCUT2D eigenvalue weighted by Gasteiger charge is 2.12. The van der Waals surface area contributed by atoms with Gasteiger partial charge in [0.1, 0.15) is 0 Å². The molecule has 6 heteroatoms. The smallest absolute Gasteiger partial charge is 0.316 e. The molecule has 0 atom stereocenters. The van der Waals surface area contributed by atoms with Crippen molar-refractivity contribution in [3.63, 3.8) is 0 Å². The molecular weight excluding hydrogens is 246 g/mol. The Bertz CT molecular complexity index is 274. The van der Waals surface area contributed by atoms with Gasteiger partial charge >= 0.3 is 9.15 Å². The summed E-state index contributed by atoms with van der Waals surface area (Å²) in [5, 5.41) is 3.21. The Morgan fingerprint density at radius 1 is 1.19 bits per heavy atom. The molecule has 1 aliphatic carbocycles. The van der Waals surface area contributed by atoms with Gasteiger partial charge in [-0.15, -0.1) is 0 Å². The van der Waals surface area contributed by atoms with Gasteiger partial charge in [-0.2, -0.15) is 8.42 Å². The van der Waals surface area contributed by atoms with E-state index in [0.717, 1.165) is 12.5 Å². The summed E-state index contributed by atoms with van der Waals surface area (Å²) in [4.78, 5) is 0. The van der Waals surface area contributed by atoms with Crippen LogP contribution >= 0.6 is 10.8 Å². The van der Waals surface area contributed by atoms with Crippen LogP contribution in [-0.4, -0.2) is 31.8 Å². The van der Waals surface area contributed by atoms with E-state index in [4.69, 9.17) is 4.55 Å². The summed E-state index contributed by atoms with van der Waals surface area (Å²) in [5.41, 5.74) is 0. The SMILES string of the molecule is O=S(=O)(O)SCCNCCC1CCCCC1. The van der Waals surface area contributed by atoms with Crippen molar-refractivity contribution in [2.24, 2.45) is 5.92 Å². The van der Waals surface area contributed by atoms with Gasteiger partial charge in [-0.1, -0.05) is 32.1 Å². The monoisotopic (exact) mass is 267 g/mol. The van der Waals surface area contributed by atoms with Crippen LogP contribution in [0.2, 0.25) is 0 Å². The fraction of sp³-hybridized carbons (Fsp3) is 1.00. The molecule has 0 aliphatic heterocycles. The maximum atomic E-state index is 10.4. The minimum Gasteiger partial charge on any atom is -0.316 e. The van der Waals surface area contributed by atoms with E-state index in [1.807, 2.05) is 0 Å². The summed E-state index contributed by atoms with van der Waals surface area (Å²) in [6, 6.07) is 0. The van der Waals surface area contributed by atoms with Crippen LogP contribution in [0.4, 0.5) is 0 Å². The molecule has 0 aromatic carbocycles. The second kappa shape index (κ2) is 7.53. The molecular formula is C10H21NO3S2. The van der Waals surface area contributed by atoms with Crippen molar-refractivity contribution in [3.05, 3.63) is 0 Å². The predicted octanol–water partition coefficient (Wildman–Crippen LogP) is 2.08. The van der Waals surface area contributed by atoms with Crippen molar-refractivity contribution in [1.82, 2.24) is 5.32 Å². The second-order valence-electron chi connectivity index (χ2n) is 4.29. The van der Waals surface area contributed by atoms with Gasteiger partial charge in [0.2, 0.25) is 0 Å². The molecule has 0 saturated heterocycles. The highest BCUT2D eigenvalue weighted by molar-refractivity contribution is 8.69. The van der Waals surface area contributed by atoms with Crippen molar-refractivity contribution in [1.29, 1.82) is 0 Å². The van der Waals surface area contributed by atoms with Gasteiger partial charge in [-0.25, -0.2) is 0 Å². The zero-order valence-electron chi connectivity index (χ0n) is 9.52. The Labute approximate surface area is 102 Å². The van der Waals surface area contributed by atoms with E-state index >= 15 is 0 Å². The molecule has 4 nitrogen and oxygen atoms in total. The first-order valence-electron chi connectivity index (χ1n) is 5.90. The van der Waals surface area contributed by atoms with E-state index in [0.29, 0.717) is 23.1 Å². The Morgan fingerprint density at radius 3 is 2.50 bits per heavy atom. The number of nitrogens with one attached hydrogen (secondary N) is 1. The average molecular weight is 267 g/mol. The highest BCUT2D eigenvalue weighted by Crippen LogP contribution is 2.25. The summed E-state index contributed by atoms with van der Waals surface area (Å²) < 4.78 is 29.3. The minimum atomic E-state index is -3.86. The lowest BCUT2D eigenvalue weighted by Gasteiger charge is -2.21. The van der Waals surface area contributed by atoms with Crippen molar-refractivity contribution >= 4 is 19.9 Å². The van der Waals surface area contributed by atoms with Crippen molar-refractivity contribution in [3.8, 4) is 0 Å². The van der Waals surface area contributed by atoms with E-state index in [9.17, 15) is 8.42 Å². The molecule has 1 rings (SSSR count). The summed E-state index contributed by atoms with van der Waals surface area (Å²) in [6.07, 6.45) is 8.00. The Kier molecular flexibility index (Phi) is 6.72. The lowest BCUT2D eigenvalue weighted by atomic mass is 9.87. The molecule has 0 bridgehead atoms. The Hall–Kier alpha value is 0.220. The molecule has 0 aromatic heterocycles. The van der Waals surface area contributed by atoms with E-state index < -0.39 is 9.15 Å². The summed E-state index contributed by atoms with van der Waals surface area (Å²) in [5.74, 6) is 1.26. The first-order valence-corrected chi connectivity index (χ1v) is 8.85. The predicted molar refractivity (Wildman–Crippen MR) is 68.1 cm³/mol. The van der Waals surface area contributed by atoms with E-state index in [2.05, 4.69) is 5.32 Å². The van der Waals surface area contributed by atoms with Crippen LogP contribution in [0.5, 0.6) is 0 Å². The molecule has 2 N–H and O–H groups in total. The maximum absolute atomic E-state index is 10.4. The molecule has 1 fully saturated rings. The molecule has 0 spiro atoms. The van der Waals surface area contributed by atoms with Crippen LogP contribution in [0.1, 0.15) is 38.5 Å². The van der Waals surface area contributed by atoms with Crippen molar-refractivity contribution in [2.75, 3.05) is 18.8 Å². The van der Waals surface area contributed by atoms with Gasteiger partial charge in [-0.3, -0.25) is 4.55 Å². The van der Waals surface area contributed by atoms with Crippen molar-refractivity contribution in [2.45, 2.75) is 38.5 Å². The fourth-order valence-electron chi connectivity index (χ4n) is 2.13. The van der Waals surface area contributed by atoms with Gasteiger partial charge < -0.3 is 5.32 Å². The fourth-order valence-corrected chi connectivity index (χ4v) is 3.45. The maximum Gasteiger partial charge on any atom is 0.319 e. The third-order valence-corrected chi connectivity index (χ3v) is 5.03. The first kappa shape index (κ1) is 14.3. The average Bonchev–Trinajstić information content (AvgIpc) is 2.23. The summed E-state index contributed by atoms with van der Waals surface area (Å²) >= 11 is 0. The van der Waals surface area contributed by atoms with Gasteiger partial charge in [-0.05, 0) is 29.7 Å². The third kappa shape index (κ3) is 7.49. The quantitative estimate of drug-likeness (QED) is 0.420. The third-order valence-electron chi connectivity index (χ3n) is 2.97. The number of hydrogen-bond donors (Lipinski definition) is 2. The molecule has 0 amide bonds. The topological polar surface area (TPSA) is 66.4 Å². The standard InChI is InChI=1S/C10H21NO3S2/c12-16(13,14)15-9-8-11-7-6-10-4-2-1-3-5-10/h10-11H,1-9H2,(H,12,13,14). The Balaban J connectivity index is 1.91. The number of rotatable bonds is 7. The summed E-state index contributed by atoms with van der Waals surface area (Å²) in [7, 11) is -3.27. The van der Waals surface area contributed by atoms with Crippen LogP contribution in [0.15, 0.2) is 0 Å². The summed E-state index contributed by atoms with van der Waals surface area (Å²) in [6.45, 7) is 1.59. The molecule has 96 valence electrons. The van der Waals surface area contributed by atoms with Crippen LogP contribution in [0, 0.1) is 5.92 Å². The van der Waals surface area contributed by atoms with Gasteiger partial charge in [0, 0.05) is 12.3 Å². The zero-order chi connectivity index (χ0) is 11.9. The molecule has 0 heterocycles. The zero-order valence-corrected chi connectivity index (χ0v) is 11.2. The normalized spacial score (nSPS) is 18.8. The van der Waals surface area contributed by atoms with Crippen molar-refractivity contribution < 1.29 is 13.0 Å². The molecule has 16 heavy (non-hydrogen) atoms. The molecule has 0 aromatic rings. The minimum absolute atomic E-state index is 0.406. The highest BCUT2D eigenvalue weighted by atomic mass is 33.1. The largest absolute Gasteiger partial charge is 0.319 e. The first-order chi connectivity index (χ1) is 7.58. The van der Waals surface area contributed by atoms with Crippen LogP contribution in [-0.2, 0) is 9.15 Å². The van der Waals surface area contributed by atoms with E-state index in [1.54, 1.807) is 0 Å². The molecule has 0 unspecified atom stereocenters. The van der Waals surface area contributed by atoms with Gasteiger partial charge in [0.15, 0.2) is 0 Å².